The van der Waals surface area contributed by atoms with Crippen LogP contribution in [0.15, 0.2) is 0 Å². The maximum atomic E-state index is 11.8. The van der Waals surface area contributed by atoms with Crippen molar-refractivity contribution >= 4 is 6.03 Å². The smallest absolute Gasteiger partial charge is 0.315 e. The van der Waals surface area contributed by atoms with E-state index in [1.165, 1.54) is 12.8 Å². The van der Waals surface area contributed by atoms with Crippen molar-refractivity contribution in [1.82, 2.24) is 15.5 Å². The summed E-state index contributed by atoms with van der Waals surface area (Å²) in [5, 5.41) is 16.2. The minimum Gasteiger partial charge on any atom is -0.388 e. The van der Waals surface area contributed by atoms with Gasteiger partial charge in [-0.15, -0.1) is 0 Å². The van der Waals surface area contributed by atoms with Crippen LogP contribution in [0.2, 0.25) is 0 Å². The van der Waals surface area contributed by atoms with E-state index < -0.39 is 5.60 Å². The predicted octanol–water partition coefficient (Wildman–Crippen LogP) is 1.71. The fourth-order valence-electron chi connectivity index (χ4n) is 2.61. The standard InChI is InChI=1S/C15H31N3O2/c1-13(8-11-18(2)3)17-14(19)16-12-15(20)9-6-4-5-7-10-15/h13,20H,4-12H2,1-3H3,(H2,16,17,19). The topological polar surface area (TPSA) is 64.6 Å². The number of hydrogen-bond acceptors (Lipinski definition) is 3. The monoisotopic (exact) mass is 285 g/mol. The molecule has 0 heterocycles. The normalized spacial score (nSPS) is 20.2. The molecule has 5 heteroatoms. The number of carbonyl (C=O) groups excluding carboxylic acids is 1. The largest absolute Gasteiger partial charge is 0.388 e. The maximum absolute atomic E-state index is 11.8. The molecule has 0 aromatic rings. The van der Waals surface area contributed by atoms with E-state index in [1.54, 1.807) is 0 Å². The van der Waals surface area contributed by atoms with Gasteiger partial charge in [0.2, 0.25) is 0 Å². The Labute approximate surface area is 123 Å². The lowest BCUT2D eigenvalue weighted by Gasteiger charge is -2.27. The summed E-state index contributed by atoms with van der Waals surface area (Å²) in [5.41, 5.74) is -0.708. The van der Waals surface area contributed by atoms with Gasteiger partial charge < -0.3 is 20.6 Å². The molecule has 118 valence electrons. The van der Waals surface area contributed by atoms with Gasteiger partial charge in [-0.3, -0.25) is 0 Å². The van der Waals surface area contributed by atoms with Crippen LogP contribution in [0.3, 0.4) is 0 Å². The molecule has 0 radical (unpaired) electrons. The van der Waals surface area contributed by atoms with Crippen molar-refractivity contribution in [3.05, 3.63) is 0 Å². The van der Waals surface area contributed by atoms with Crippen molar-refractivity contribution in [2.24, 2.45) is 0 Å². The zero-order valence-corrected chi connectivity index (χ0v) is 13.2. The van der Waals surface area contributed by atoms with Crippen LogP contribution < -0.4 is 10.6 Å². The van der Waals surface area contributed by atoms with Gasteiger partial charge in [0.05, 0.1) is 5.60 Å². The fourth-order valence-corrected chi connectivity index (χ4v) is 2.61. The highest BCUT2D eigenvalue weighted by atomic mass is 16.3. The summed E-state index contributed by atoms with van der Waals surface area (Å²) in [6.45, 7) is 3.31. The molecule has 1 unspecified atom stereocenters. The van der Waals surface area contributed by atoms with Crippen molar-refractivity contribution in [1.29, 1.82) is 0 Å². The molecule has 1 fully saturated rings. The predicted molar refractivity (Wildman–Crippen MR) is 81.8 cm³/mol. The van der Waals surface area contributed by atoms with E-state index in [-0.39, 0.29) is 12.1 Å². The second kappa shape index (κ2) is 8.47. The lowest BCUT2D eigenvalue weighted by molar-refractivity contribution is 0.0276. The van der Waals surface area contributed by atoms with Crippen LogP contribution >= 0.6 is 0 Å². The number of carbonyl (C=O) groups is 1. The third-order valence-corrected chi connectivity index (χ3v) is 4.00. The Morgan fingerprint density at radius 3 is 2.40 bits per heavy atom. The molecular formula is C15H31N3O2. The molecule has 1 saturated carbocycles. The fraction of sp³-hybridized carbons (Fsp3) is 0.933. The quantitative estimate of drug-likeness (QED) is 0.651. The first-order valence-electron chi connectivity index (χ1n) is 7.83. The minimum atomic E-state index is -0.708. The molecule has 1 atom stereocenters. The highest BCUT2D eigenvalue weighted by molar-refractivity contribution is 5.74. The zero-order chi connectivity index (χ0) is 15.0. The van der Waals surface area contributed by atoms with Gasteiger partial charge in [0.15, 0.2) is 0 Å². The van der Waals surface area contributed by atoms with Crippen molar-refractivity contribution in [2.75, 3.05) is 27.2 Å². The molecule has 0 aromatic carbocycles. The Balaban J connectivity index is 2.24. The lowest BCUT2D eigenvalue weighted by atomic mass is 9.94. The van der Waals surface area contributed by atoms with E-state index >= 15 is 0 Å². The van der Waals surface area contributed by atoms with Crippen LogP contribution in [0.25, 0.3) is 0 Å². The zero-order valence-electron chi connectivity index (χ0n) is 13.2. The first-order chi connectivity index (χ1) is 9.41. The molecule has 1 aliphatic carbocycles. The van der Waals surface area contributed by atoms with Crippen molar-refractivity contribution in [3.8, 4) is 0 Å². The number of nitrogens with zero attached hydrogens (tertiary/aromatic N) is 1. The van der Waals surface area contributed by atoms with Crippen LogP contribution in [-0.4, -0.2) is 54.9 Å². The molecule has 5 nitrogen and oxygen atoms in total. The number of urea groups is 1. The van der Waals surface area contributed by atoms with Crippen molar-refractivity contribution in [2.45, 2.75) is 63.5 Å². The van der Waals surface area contributed by atoms with Gasteiger partial charge in [-0.25, -0.2) is 4.79 Å². The molecule has 3 N–H and O–H groups in total. The first-order valence-corrected chi connectivity index (χ1v) is 7.83. The summed E-state index contributed by atoms with van der Waals surface area (Å²) < 4.78 is 0. The molecular weight excluding hydrogens is 254 g/mol. The van der Waals surface area contributed by atoms with Gasteiger partial charge in [-0.1, -0.05) is 25.7 Å². The average molecular weight is 285 g/mol. The SMILES string of the molecule is CC(CCN(C)C)NC(=O)NCC1(O)CCCCCC1. The minimum absolute atomic E-state index is 0.140. The Bertz CT molecular complexity index is 287. The molecule has 1 rings (SSSR count). The van der Waals surface area contributed by atoms with Crippen LogP contribution in [0.1, 0.15) is 51.9 Å². The molecule has 2 amide bonds. The number of rotatable bonds is 6. The highest BCUT2D eigenvalue weighted by Crippen LogP contribution is 2.26. The molecule has 0 bridgehead atoms. The van der Waals surface area contributed by atoms with Gasteiger partial charge in [0.25, 0.3) is 0 Å². The molecule has 1 aliphatic rings. The van der Waals surface area contributed by atoms with Gasteiger partial charge in [0.1, 0.15) is 0 Å². The van der Waals surface area contributed by atoms with Crippen LogP contribution in [-0.2, 0) is 0 Å². The summed E-state index contributed by atoms with van der Waals surface area (Å²) in [7, 11) is 4.04. The van der Waals surface area contributed by atoms with Crippen LogP contribution in [0.5, 0.6) is 0 Å². The number of amides is 2. The Morgan fingerprint density at radius 1 is 1.25 bits per heavy atom. The highest BCUT2D eigenvalue weighted by Gasteiger charge is 2.28. The van der Waals surface area contributed by atoms with E-state index in [9.17, 15) is 9.90 Å². The number of aliphatic hydroxyl groups is 1. The molecule has 20 heavy (non-hydrogen) atoms. The third kappa shape index (κ3) is 7.10. The van der Waals surface area contributed by atoms with E-state index in [0.717, 1.165) is 38.6 Å². The maximum Gasteiger partial charge on any atom is 0.315 e. The third-order valence-electron chi connectivity index (χ3n) is 4.00. The van der Waals surface area contributed by atoms with E-state index in [1.807, 2.05) is 21.0 Å². The second-order valence-electron chi connectivity index (χ2n) is 6.46. The Morgan fingerprint density at radius 2 is 1.85 bits per heavy atom. The van der Waals surface area contributed by atoms with E-state index in [4.69, 9.17) is 0 Å². The summed E-state index contributed by atoms with van der Waals surface area (Å²) in [6.07, 6.45) is 7.00. The van der Waals surface area contributed by atoms with Crippen molar-refractivity contribution in [3.63, 3.8) is 0 Å². The Hall–Kier alpha value is -0.810. The van der Waals surface area contributed by atoms with Crippen LogP contribution in [0, 0.1) is 0 Å². The van der Waals surface area contributed by atoms with Gasteiger partial charge >= 0.3 is 6.03 Å². The summed E-state index contributed by atoms with van der Waals surface area (Å²) in [4.78, 5) is 13.9. The second-order valence-corrected chi connectivity index (χ2v) is 6.46. The number of nitrogens with one attached hydrogen (secondary N) is 2. The van der Waals surface area contributed by atoms with Crippen molar-refractivity contribution < 1.29 is 9.90 Å². The summed E-state index contributed by atoms with van der Waals surface area (Å²) in [6, 6.07) is -0.0323. The van der Waals surface area contributed by atoms with E-state index in [2.05, 4.69) is 15.5 Å². The molecule has 0 spiro atoms. The molecule has 0 aliphatic heterocycles. The van der Waals surface area contributed by atoms with Gasteiger partial charge in [-0.05, 0) is 46.8 Å². The van der Waals surface area contributed by atoms with Crippen LogP contribution in [0.4, 0.5) is 4.79 Å². The van der Waals surface area contributed by atoms with E-state index in [0.29, 0.717) is 6.54 Å². The van der Waals surface area contributed by atoms with Gasteiger partial charge in [0, 0.05) is 12.6 Å². The number of hydrogen-bond donors (Lipinski definition) is 3. The Kier molecular flexibility index (Phi) is 7.30. The van der Waals surface area contributed by atoms with Gasteiger partial charge in [-0.2, -0.15) is 0 Å². The molecule has 0 saturated heterocycles. The average Bonchev–Trinajstić information content (AvgIpc) is 2.60. The molecule has 0 aromatic heterocycles. The lowest BCUT2D eigenvalue weighted by Crippen LogP contribution is -2.48. The first kappa shape index (κ1) is 17.2. The summed E-state index contributed by atoms with van der Waals surface area (Å²) >= 11 is 0. The summed E-state index contributed by atoms with van der Waals surface area (Å²) in [5.74, 6) is 0.